The number of piperidine rings is 1. The van der Waals surface area contributed by atoms with Gasteiger partial charge in [-0.15, -0.1) is 0 Å². The van der Waals surface area contributed by atoms with Gasteiger partial charge in [0.05, 0.1) is 6.54 Å². The number of nitrogens with one attached hydrogen (secondary N) is 1. The summed E-state index contributed by atoms with van der Waals surface area (Å²) < 4.78 is 22.5. The molecule has 2 atom stereocenters. The van der Waals surface area contributed by atoms with E-state index in [1.54, 1.807) is 0 Å². The lowest BCUT2D eigenvalue weighted by Gasteiger charge is -2.44. The minimum absolute atomic E-state index is 0.0407. The number of anilines is 1. The van der Waals surface area contributed by atoms with E-state index in [1.807, 2.05) is 24.3 Å². The summed E-state index contributed by atoms with van der Waals surface area (Å²) in [5.74, 6) is -4.81. The van der Waals surface area contributed by atoms with Crippen LogP contribution in [0.25, 0.3) is 0 Å². The number of unbranched alkanes of at least 4 members (excludes halogenated alkanes) is 2. The maximum absolute atomic E-state index is 11.6. The first-order chi connectivity index (χ1) is 14.9. The normalized spacial score (nSPS) is 27.6. The second-order valence-electron chi connectivity index (χ2n) is 8.36. The van der Waals surface area contributed by atoms with E-state index in [1.165, 1.54) is 0 Å². The SMILES string of the molecule is CCCCCN1CCC(CCNc2cccc(Cl)c2)C2(C1)OCC1(OC(=O)C(=O)O1)O2. The summed E-state index contributed by atoms with van der Waals surface area (Å²) >= 11 is 6.06. The summed E-state index contributed by atoms with van der Waals surface area (Å²) in [5.41, 5.74) is 0.946. The molecule has 3 heterocycles. The van der Waals surface area contributed by atoms with Gasteiger partial charge in [-0.25, -0.2) is 9.59 Å². The molecular weight excluding hydrogens is 424 g/mol. The van der Waals surface area contributed by atoms with Crippen LogP contribution in [0.15, 0.2) is 24.3 Å². The first kappa shape index (κ1) is 22.3. The van der Waals surface area contributed by atoms with E-state index in [9.17, 15) is 9.59 Å². The molecule has 3 saturated heterocycles. The van der Waals surface area contributed by atoms with Gasteiger partial charge in [-0.05, 0) is 50.6 Å². The molecule has 170 valence electrons. The van der Waals surface area contributed by atoms with Crippen LogP contribution in [-0.4, -0.2) is 61.4 Å². The Hall–Kier alpha value is -1.87. The van der Waals surface area contributed by atoms with Crippen LogP contribution in [0.5, 0.6) is 0 Å². The molecular formula is C22H29ClN2O6. The number of hydrogen-bond acceptors (Lipinski definition) is 8. The molecule has 8 nitrogen and oxygen atoms in total. The number of carbonyl (C=O) groups excluding carboxylic acids is 2. The fourth-order valence-corrected chi connectivity index (χ4v) is 4.70. The Labute approximate surface area is 187 Å². The first-order valence-corrected chi connectivity index (χ1v) is 11.3. The van der Waals surface area contributed by atoms with Crippen molar-refractivity contribution < 1.29 is 28.5 Å². The Morgan fingerprint density at radius 2 is 2.03 bits per heavy atom. The van der Waals surface area contributed by atoms with Gasteiger partial charge in [0.25, 0.3) is 0 Å². The zero-order valence-electron chi connectivity index (χ0n) is 17.7. The Balaban J connectivity index is 1.43. The molecule has 1 N–H and O–H groups in total. The summed E-state index contributed by atoms with van der Waals surface area (Å²) in [6, 6.07) is 7.58. The predicted octanol–water partition coefficient (Wildman–Crippen LogP) is 3.15. The summed E-state index contributed by atoms with van der Waals surface area (Å²) in [6.45, 7) is 5.17. The number of benzene rings is 1. The third kappa shape index (κ3) is 4.98. The first-order valence-electron chi connectivity index (χ1n) is 11.0. The van der Waals surface area contributed by atoms with Crippen molar-refractivity contribution in [3.8, 4) is 0 Å². The number of ether oxygens (including phenoxy) is 4. The zero-order valence-corrected chi connectivity index (χ0v) is 18.5. The van der Waals surface area contributed by atoms with Crippen LogP contribution in [-0.2, 0) is 28.5 Å². The lowest BCUT2D eigenvalue weighted by molar-refractivity contribution is -0.342. The van der Waals surface area contributed by atoms with Gasteiger partial charge in [0.15, 0.2) is 12.4 Å². The zero-order chi connectivity index (χ0) is 21.9. The monoisotopic (exact) mass is 452 g/mol. The van der Waals surface area contributed by atoms with Crippen molar-refractivity contribution in [1.82, 2.24) is 4.90 Å². The Morgan fingerprint density at radius 1 is 1.23 bits per heavy atom. The molecule has 2 unspecified atom stereocenters. The molecule has 3 fully saturated rings. The molecule has 3 aliphatic rings. The minimum Gasteiger partial charge on any atom is -0.387 e. The Bertz CT molecular complexity index is 805. The van der Waals surface area contributed by atoms with Gasteiger partial charge in [0, 0.05) is 23.2 Å². The summed E-state index contributed by atoms with van der Waals surface area (Å²) in [6.07, 6.45) is 5.05. The van der Waals surface area contributed by atoms with E-state index in [0.29, 0.717) is 18.1 Å². The minimum atomic E-state index is -1.76. The Morgan fingerprint density at radius 3 is 2.77 bits per heavy atom. The van der Waals surface area contributed by atoms with Crippen molar-refractivity contribution in [3.63, 3.8) is 0 Å². The molecule has 1 aromatic carbocycles. The molecule has 4 rings (SSSR count). The molecule has 0 amide bonds. The number of carbonyl (C=O) groups is 2. The molecule has 3 aliphatic heterocycles. The van der Waals surface area contributed by atoms with Gasteiger partial charge in [-0.2, -0.15) is 0 Å². The van der Waals surface area contributed by atoms with Gasteiger partial charge in [0.2, 0.25) is 0 Å². The van der Waals surface area contributed by atoms with E-state index in [0.717, 1.165) is 50.9 Å². The van der Waals surface area contributed by atoms with Crippen molar-refractivity contribution >= 4 is 29.2 Å². The van der Waals surface area contributed by atoms with Crippen LogP contribution in [0, 0.1) is 5.92 Å². The van der Waals surface area contributed by atoms with Crippen LogP contribution >= 0.6 is 11.6 Å². The van der Waals surface area contributed by atoms with Gasteiger partial charge in [-0.1, -0.05) is 37.4 Å². The number of hydrogen-bond donors (Lipinski definition) is 1. The molecule has 31 heavy (non-hydrogen) atoms. The molecule has 0 aliphatic carbocycles. The van der Waals surface area contributed by atoms with Crippen LogP contribution in [0.3, 0.4) is 0 Å². The summed E-state index contributed by atoms with van der Waals surface area (Å²) in [7, 11) is 0. The average molecular weight is 453 g/mol. The quantitative estimate of drug-likeness (QED) is 0.365. The number of rotatable bonds is 8. The molecule has 1 aromatic rings. The molecule has 9 heteroatoms. The highest BCUT2D eigenvalue weighted by molar-refractivity contribution is 6.31. The fourth-order valence-electron chi connectivity index (χ4n) is 4.51. The predicted molar refractivity (Wildman–Crippen MR) is 113 cm³/mol. The second-order valence-corrected chi connectivity index (χ2v) is 8.80. The highest BCUT2D eigenvalue weighted by Crippen LogP contribution is 2.45. The van der Waals surface area contributed by atoms with Crippen molar-refractivity contribution in [3.05, 3.63) is 29.3 Å². The van der Waals surface area contributed by atoms with E-state index in [4.69, 9.17) is 30.5 Å². The molecule has 0 bridgehead atoms. The Kier molecular flexibility index (Phi) is 6.71. The van der Waals surface area contributed by atoms with E-state index in [2.05, 4.69) is 17.1 Å². The highest BCUT2D eigenvalue weighted by atomic mass is 35.5. The largest absolute Gasteiger partial charge is 0.422 e. The van der Waals surface area contributed by atoms with Crippen LogP contribution in [0.1, 0.15) is 39.0 Å². The van der Waals surface area contributed by atoms with E-state index >= 15 is 0 Å². The molecule has 2 spiro atoms. The van der Waals surface area contributed by atoms with Crippen LogP contribution < -0.4 is 5.32 Å². The second kappa shape index (κ2) is 9.32. The van der Waals surface area contributed by atoms with Crippen molar-refractivity contribution in [1.29, 1.82) is 0 Å². The van der Waals surface area contributed by atoms with Gasteiger partial charge >= 0.3 is 17.9 Å². The summed E-state index contributed by atoms with van der Waals surface area (Å²) in [4.78, 5) is 25.6. The van der Waals surface area contributed by atoms with E-state index < -0.39 is 23.7 Å². The van der Waals surface area contributed by atoms with Gasteiger partial charge < -0.3 is 19.5 Å². The number of nitrogens with zero attached hydrogens (tertiary/aromatic N) is 1. The van der Waals surface area contributed by atoms with Crippen molar-refractivity contribution in [2.45, 2.75) is 50.8 Å². The molecule has 0 aromatic heterocycles. The standard InChI is InChI=1S/C22H29ClN2O6/c1-2-3-4-11-25-12-9-16(8-10-24-18-7-5-6-17(23)13-18)21(14-25)28-15-22(31-21)29-19(26)20(27)30-22/h5-7,13,16,24H,2-4,8-12,14-15H2,1H3. The topological polar surface area (TPSA) is 86.3 Å². The lowest BCUT2D eigenvalue weighted by atomic mass is 9.87. The highest BCUT2D eigenvalue weighted by Gasteiger charge is 2.64. The smallest absolute Gasteiger partial charge is 0.387 e. The van der Waals surface area contributed by atoms with Crippen LogP contribution in [0.2, 0.25) is 5.02 Å². The number of esters is 2. The fraction of sp³-hybridized carbons (Fsp3) is 0.636. The molecule has 0 radical (unpaired) electrons. The average Bonchev–Trinajstić information content (AvgIpc) is 3.22. The van der Waals surface area contributed by atoms with Gasteiger partial charge in [0.1, 0.15) is 0 Å². The number of halogens is 1. The maximum atomic E-state index is 11.6. The third-order valence-corrected chi connectivity index (χ3v) is 6.30. The lowest BCUT2D eigenvalue weighted by Crippen LogP contribution is -2.56. The van der Waals surface area contributed by atoms with Crippen molar-refractivity contribution in [2.75, 3.05) is 38.1 Å². The third-order valence-electron chi connectivity index (χ3n) is 6.07. The van der Waals surface area contributed by atoms with Gasteiger partial charge in [-0.3, -0.25) is 9.64 Å². The molecule has 0 saturated carbocycles. The summed E-state index contributed by atoms with van der Waals surface area (Å²) in [5, 5.41) is 4.06. The maximum Gasteiger partial charge on any atom is 0.422 e. The van der Waals surface area contributed by atoms with Crippen molar-refractivity contribution in [2.24, 2.45) is 5.92 Å². The number of likely N-dealkylation sites (tertiary alicyclic amines) is 1. The van der Waals surface area contributed by atoms with Crippen LogP contribution in [0.4, 0.5) is 5.69 Å². The van der Waals surface area contributed by atoms with E-state index in [-0.39, 0.29) is 12.5 Å².